The van der Waals surface area contributed by atoms with Crippen LogP contribution in [0.25, 0.3) is 111 Å². The topological polar surface area (TPSA) is 35.9 Å². The molecule has 0 radical (unpaired) electrons. The van der Waals surface area contributed by atoms with Crippen LogP contribution >= 0.6 is 0 Å². The summed E-state index contributed by atoms with van der Waals surface area (Å²) in [7, 11) is 0. The molecule has 0 aliphatic carbocycles. The highest BCUT2D eigenvalue weighted by atomic mass is 16.3. The van der Waals surface area contributed by atoms with E-state index in [0.717, 1.165) is 99.8 Å². The molecule has 0 aliphatic heterocycles. The van der Waals surface area contributed by atoms with Crippen molar-refractivity contribution < 1.29 is 4.42 Å². The zero-order valence-corrected chi connectivity index (χ0v) is 30.8. The number of furan rings is 1. The van der Waals surface area contributed by atoms with E-state index in [4.69, 9.17) is 9.40 Å². The van der Waals surface area contributed by atoms with Gasteiger partial charge in [0, 0.05) is 44.0 Å². The van der Waals surface area contributed by atoms with Gasteiger partial charge in [0.15, 0.2) is 0 Å². The summed E-state index contributed by atoms with van der Waals surface area (Å²) in [5.74, 6) is 0. The van der Waals surface area contributed by atoms with Gasteiger partial charge in [0.2, 0.25) is 0 Å². The lowest BCUT2D eigenvalue weighted by atomic mass is 10.00. The van der Waals surface area contributed by atoms with Crippen molar-refractivity contribution in [2.24, 2.45) is 0 Å². The molecule has 0 N–H and O–H groups in total. The van der Waals surface area contributed by atoms with Crippen molar-refractivity contribution in [3.05, 3.63) is 200 Å². The molecule has 57 heavy (non-hydrogen) atoms. The first-order valence-corrected chi connectivity index (χ1v) is 19.4. The highest BCUT2D eigenvalue weighted by Crippen LogP contribution is 2.45. The third-order valence-corrected chi connectivity index (χ3v) is 11.5. The van der Waals surface area contributed by atoms with E-state index in [1.807, 2.05) is 12.1 Å². The van der Waals surface area contributed by atoms with Crippen molar-refractivity contribution in [1.29, 1.82) is 0 Å². The average Bonchev–Trinajstić information content (AvgIpc) is 3.95. The minimum Gasteiger partial charge on any atom is -0.455 e. The number of fused-ring (bicyclic) bond motifs is 11. The van der Waals surface area contributed by atoms with Crippen LogP contribution in [0, 0.1) is 0 Å². The second-order valence-corrected chi connectivity index (χ2v) is 14.7. The molecule has 0 spiro atoms. The maximum absolute atomic E-state index is 7.13. The van der Waals surface area contributed by atoms with E-state index in [1.54, 1.807) is 0 Å². The fraction of sp³-hybridized carbons (Fsp3) is 0. The van der Waals surface area contributed by atoms with E-state index < -0.39 is 0 Å². The summed E-state index contributed by atoms with van der Waals surface area (Å²) < 4.78 is 11.9. The van der Waals surface area contributed by atoms with Crippen LogP contribution in [0.15, 0.2) is 205 Å². The van der Waals surface area contributed by atoms with Gasteiger partial charge in [-0.3, -0.25) is 0 Å². The number of hydrogen-bond acceptors (Lipinski definition) is 2. The summed E-state index contributed by atoms with van der Waals surface area (Å²) in [6.07, 6.45) is 0. The van der Waals surface area contributed by atoms with Crippen molar-refractivity contribution >= 4 is 65.6 Å². The van der Waals surface area contributed by atoms with Crippen molar-refractivity contribution in [3.63, 3.8) is 0 Å². The zero-order valence-electron chi connectivity index (χ0n) is 30.8. The van der Waals surface area contributed by atoms with Crippen LogP contribution in [0.2, 0.25) is 0 Å². The number of benzene rings is 8. The predicted octanol–water partition coefficient (Wildman–Crippen LogP) is 14.2. The Bertz CT molecular complexity index is 3430. The van der Waals surface area contributed by atoms with Gasteiger partial charge in [-0.2, -0.15) is 0 Å². The molecule has 4 heteroatoms. The molecule has 8 aromatic carbocycles. The molecule has 4 nitrogen and oxygen atoms in total. The third kappa shape index (κ3) is 4.84. The summed E-state index contributed by atoms with van der Waals surface area (Å²) in [6, 6.07) is 71.1. The lowest BCUT2D eigenvalue weighted by molar-refractivity contribution is 0.677. The van der Waals surface area contributed by atoms with Gasteiger partial charge in [-0.15, -0.1) is 0 Å². The second-order valence-electron chi connectivity index (χ2n) is 14.7. The monoisotopic (exact) mass is 727 g/mol. The van der Waals surface area contributed by atoms with Crippen LogP contribution < -0.4 is 0 Å². The SMILES string of the molecule is c1ccc(-c2cc(-c3ccc(-n4c5ccccc5c5c6oc7c(ccc8c7c7ccccc7n8-c7ccccc7)c6ccc54)cc3)cc(-c3ccccc3)n2)cc1. The van der Waals surface area contributed by atoms with Crippen LogP contribution in [0.3, 0.4) is 0 Å². The molecule has 0 saturated heterocycles. The number of hydrogen-bond donors (Lipinski definition) is 0. The first kappa shape index (κ1) is 31.6. The van der Waals surface area contributed by atoms with Gasteiger partial charge < -0.3 is 13.6 Å². The number of para-hydroxylation sites is 3. The van der Waals surface area contributed by atoms with Crippen LogP contribution in [0.4, 0.5) is 0 Å². The second kappa shape index (κ2) is 12.4. The average molecular weight is 728 g/mol. The van der Waals surface area contributed by atoms with Gasteiger partial charge in [-0.05, 0) is 83.9 Å². The molecule has 0 saturated carbocycles. The summed E-state index contributed by atoms with van der Waals surface area (Å²) in [4.78, 5) is 5.10. The number of pyridine rings is 1. The standard InChI is InChI=1S/C53H33N3O/c1-4-14-35(15-5-1)44-32-37(33-45(54-44)36-16-6-2-7-17-36)34-24-26-39(27-25-34)56-47-23-13-11-21-43(47)51-49(56)31-29-41-40-28-30-48-50(52(40)57-53(41)51)42-20-10-12-22-46(42)55(48)38-18-8-3-9-19-38/h1-33H. The third-order valence-electron chi connectivity index (χ3n) is 11.5. The van der Waals surface area contributed by atoms with Crippen LogP contribution in [-0.4, -0.2) is 14.1 Å². The van der Waals surface area contributed by atoms with E-state index in [2.05, 4.69) is 197 Å². The fourth-order valence-corrected chi connectivity index (χ4v) is 8.94. The molecule has 0 unspecified atom stereocenters. The van der Waals surface area contributed by atoms with E-state index >= 15 is 0 Å². The van der Waals surface area contributed by atoms with Gasteiger partial charge >= 0.3 is 0 Å². The lowest BCUT2D eigenvalue weighted by Crippen LogP contribution is -1.94. The molecular formula is C53H33N3O. The molecule has 4 aromatic heterocycles. The van der Waals surface area contributed by atoms with Crippen molar-refractivity contribution in [1.82, 2.24) is 14.1 Å². The summed E-state index contributed by atoms with van der Waals surface area (Å²) in [5, 5.41) is 6.85. The van der Waals surface area contributed by atoms with Crippen molar-refractivity contribution in [2.45, 2.75) is 0 Å². The minimum atomic E-state index is 0.914. The van der Waals surface area contributed by atoms with Crippen LogP contribution in [0.1, 0.15) is 0 Å². The molecule has 0 atom stereocenters. The molecule has 4 heterocycles. The molecule has 0 amide bonds. The Labute approximate surface area is 328 Å². The van der Waals surface area contributed by atoms with Gasteiger partial charge in [-0.1, -0.05) is 127 Å². The number of nitrogens with zero attached hydrogens (tertiary/aromatic N) is 3. The maximum atomic E-state index is 7.13. The first-order valence-electron chi connectivity index (χ1n) is 19.4. The predicted molar refractivity (Wildman–Crippen MR) is 237 cm³/mol. The molecule has 0 fully saturated rings. The molecular weight excluding hydrogens is 695 g/mol. The van der Waals surface area contributed by atoms with E-state index in [9.17, 15) is 0 Å². The fourth-order valence-electron chi connectivity index (χ4n) is 8.94. The Kier molecular flexibility index (Phi) is 6.89. The molecule has 0 aliphatic rings. The van der Waals surface area contributed by atoms with Gasteiger partial charge in [0.1, 0.15) is 11.2 Å². The molecule has 12 aromatic rings. The first-order chi connectivity index (χ1) is 28.3. The lowest BCUT2D eigenvalue weighted by Gasteiger charge is -2.12. The van der Waals surface area contributed by atoms with Crippen molar-refractivity contribution in [3.8, 4) is 45.0 Å². The zero-order chi connectivity index (χ0) is 37.5. The summed E-state index contributed by atoms with van der Waals surface area (Å²) in [6.45, 7) is 0. The Hall–Kier alpha value is -7.69. The highest BCUT2D eigenvalue weighted by molar-refractivity contribution is 6.29. The van der Waals surface area contributed by atoms with Gasteiger partial charge in [0.05, 0.1) is 44.2 Å². The number of aromatic nitrogens is 3. The summed E-state index contributed by atoms with van der Waals surface area (Å²) in [5.41, 5.74) is 15.0. The smallest absolute Gasteiger partial charge is 0.145 e. The normalized spacial score (nSPS) is 11.9. The van der Waals surface area contributed by atoms with Gasteiger partial charge in [0.25, 0.3) is 0 Å². The molecule has 12 rings (SSSR count). The summed E-state index contributed by atoms with van der Waals surface area (Å²) >= 11 is 0. The van der Waals surface area contributed by atoms with E-state index in [0.29, 0.717) is 0 Å². The van der Waals surface area contributed by atoms with Crippen LogP contribution in [-0.2, 0) is 0 Å². The highest BCUT2D eigenvalue weighted by Gasteiger charge is 2.22. The van der Waals surface area contributed by atoms with E-state index in [1.165, 1.54) is 10.8 Å². The van der Waals surface area contributed by atoms with Crippen LogP contribution in [0.5, 0.6) is 0 Å². The maximum Gasteiger partial charge on any atom is 0.145 e. The van der Waals surface area contributed by atoms with Crippen molar-refractivity contribution in [2.75, 3.05) is 0 Å². The Balaban J connectivity index is 1.04. The largest absolute Gasteiger partial charge is 0.455 e. The minimum absolute atomic E-state index is 0.914. The quantitative estimate of drug-likeness (QED) is 0.177. The number of rotatable bonds is 5. The molecule has 266 valence electrons. The van der Waals surface area contributed by atoms with Gasteiger partial charge in [-0.25, -0.2) is 4.98 Å². The Morgan fingerprint density at radius 2 is 0.754 bits per heavy atom. The van der Waals surface area contributed by atoms with E-state index in [-0.39, 0.29) is 0 Å². The molecule has 0 bridgehead atoms. The Morgan fingerprint density at radius 3 is 1.26 bits per heavy atom. The Morgan fingerprint density at radius 1 is 0.316 bits per heavy atom.